The number of thiazole rings is 1. The SMILES string of the molecule is CCOC(=O)[C@H]1CCCN(C(=O)c2csc(CN(Cc3ccc(F)cc3)Cc3ccc(OCc4ccccc4)cc3)n2)C1. The number of nitrogens with zero attached hydrogens (tertiary/aromatic N) is 3. The summed E-state index contributed by atoms with van der Waals surface area (Å²) in [4.78, 5) is 34.1. The summed E-state index contributed by atoms with van der Waals surface area (Å²) < 4.78 is 24.7. The first-order valence-corrected chi connectivity index (χ1v) is 15.5. The number of ether oxygens (including phenoxy) is 2. The van der Waals surface area contributed by atoms with Gasteiger partial charge in [-0.15, -0.1) is 11.3 Å². The fraction of sp³-hybridized carbons (Fsp3) is 0.324. The zero-order valence-corrected chi connectivity index (χ0v) is 25.1. The zero-order chi connectivity index (χ0) is 30.0. The summed E-state index contributed by atoms with van der Waals surface area (Å²) in [5.74, 6) is -0.174. The highest BCUT2D eigenvalue weighted by atomic mass is 32.1. The Bertz CT molecular complexity index is 1480. The highest BCUT2D eigenvalue weighted by Gasteiger charge is 2.30. The Morgan fingerprint density at radius 2 is 1.65 bits per heavy atom. The van der Waals surface area contributed by atoms with Crippen LogP contribution in [0.2, 0.25) is 0 Å². The van der Waals surface area contributed by atoms with Crippen molar-refractivity contribution in [2.45, 2.75) is 46.0 Å². The number of carbonyl (C=O) groups is 2. The maximum Gasteiger partial charge on any atom is 0.310 e. The maximum atomic E-state index is 13.6. The lowest BCUT2D eigenvalue weighted by atomic mass is 9.98. The van der Waals surface area contributed by atoms with Gasteiger partial charge >= 0.3 is 5.97 Å². The number of likely N-dealkylation sites (tertiary alicyclic amines) is 1. The van der Waals surface area contributed by atoms with Gasteiger partial charge in [0, 0.05) is 31.6 Å². The Labute approximate surface area is 255 Å². The molecule has 4 aromatic rings. The first-order chi connectivity index (χ1) is 21.0. The second-order valence-corrected chi connectivity index (χ2v) is 11.6. The second-order valence-electron chi connectivity index (χ2n) is 10.7. The van der Waals surface area contributed by atoms with Gasteiger partial charge in [-0.2, -0.15) is 0 Å². The quantitative estimate of drug-likeness (QED) is 0.173. The van der Waals surface area contributed by atoms with Gasteiger partial charge in [0.1, 0.15) is 28.9 Å². The summed E-state index contributed by atoms with van der Waals surface area (Å²) in [6.07, 6.45) is 1.48. The second kappa shape index (κ2) is 14.9. The minimum absolute atomic E-state index is 0.160. The van der Waals surface area contributed by atoms with Gasteiger partial charge in [0.15, 0.2) is 0 Å². The van der Waals surface area contributed by atoms with Crippen molar-refractivity contribution >= 4 is 23.2 Å². The molecule has 0 aliphatic carbocycles. The lowest BCUT2D eigenvalue weighted by molar-refractivity contribution is -0.149. The molecule has 1 saturated heterocycles. The summed E-state index contributed by atoms with van der Waals surface area (Å²) in [5.41, 5.74) is 3.58. The molecule has 0 spiro atoms. The van der Waals surface area contributed by atoms with E-state index in [9.17, 15) is 14.0 Å². The highest BCUT2D eigenvalue weighted by Crippen LogP contribution is 2.23. The number of rotatable bonds is 12. The molecule has 0 unspecified atom stereocenters. The van der Waals surface area contributed by atoms with Gasteiger partial charge in [0.05, 0.1) is 19.1 Å². The summed E-state index contributed by atoms with van der Waals surface area (Å²) >= 11 is 1.44. The molecule has 0 radical (unpaired) electrons. The van der Waals surface area contributed by atoms with E-state index in [1.54, 1.807) is 29.3 Å². The molecule has 1 amide bonds. The molecular formula is C34H36FN3O4S. The first kappa shape index (κ1) is 30.4. The molecule has 1 fully saturated rings. The number of aromatic nitrogens is 1. The smallest absolute Gasteiger partial charge is 0.310 e. The van der Waals surface area contributed by atoms with E-state index in [-0.39, 0.29) is 23.6 Å². The molecule has 1 aromatic heterocycles. The third-order valence-corrected chi connectivity index (χ3v) is 8.19. The van der Waals surface area contributed by atoms with Crippen LogP contribution < -0.4 is 4.74 Å². The lowest BCUT2D eigenvalue weighted by Crippen LogP contribution is -2.43. The third kappa shape index (κ3) is 8.72. The Morgan fingerprint density at radius 1 is 0.953 bits per heavy atom. The minimum atomic E-state index is -0.294. The Kier molecular flexibility index (Phi) is 10.5. The van der Waals surface area contributed by atoms with E-state index in [2.05, 4.69) is 9.88 Å². The highest BCUT2D eigenvalue weighted by molar-refractivity contribution is 7.09. The van der Waals surface area contributed by atoms with E-state index in [0.29, 0.717) is 51.6 Å². The van der Waals surface area contributed by atoms with Crippen molar-refractivity contribution in [3.63, 3.8) is 0 Å². The predicted molar refractivity (Wildman–Crippen MR) is 164 cm³/mol. The van der Waals surface area contributed by atoms with Gasteiger partial charge in [-0.25, -0.2) is 9.37 Å². The number of benzene rings is 3. The predicted octanol–water partition coefficient (Wildman–Crippen LogP) is 6.48. The molecule has 0 saturated carbocycles. The van der Waals surface area contributed by atoms with Crippen molar-refractivity contribution in [3.05, 3.63) is 117 Å². The van der Waals surface area contributed by atoms with Crippen LogP contribution in [0.25, 0.3) is 0 Å². The van der Waals surface area contributed by atoms with Crippen molar-refractivity contribution in [1.29, 1.82) is 0 Å². The Morgan fingerprint density at radius 3 is 2.35 bits per heavy atom. The molecule has 224 valence electrons. The fourth-order valence-electron chi connectivity index (χ4n) is 5.16. The molecule has 1 atom stereocenters. The molecule has 0 bridgehead atoms. The van der Waals surface area contributed by atoms with Crippen LogP contribution in [0.4, 0.5) is 4.39 Å². The van der Waals surface area contributed by atoms with E-state index < -0.39 is 0 Å². The van der Waals surface area contributed by atoms with Crippen LogP contribution in [-0.2, 0) is 35.8 Å². The van der Waals surface area contributed by atoms with E-state index >= 15 is 0 Å². The fourth-order valence-corrected chi connectivity index (χ4v) is 5.96. The topological polar surface area (TPSA) is 72.0 Å². The molecule has 7 nitrogen and oxygen atoms in total. The summed E-state index contributed by atoms with van der Waals surface area (Å²) in [7, 11) is 0. The van der Waals surface area contributed by atoms with Gasteiger partial charge in [-0.1, -0.05) is 54.6 Å². The van der Waals surface area contributed by atoms with Crippen LogP contribution in [0.5, 0.6) is 5.75 Å². The molecule has 2 heterocycles. The van der Waals surface area contributed by atoms with Crippen molar-refractivity contribution in [3.8, 4) is 5.75 Å². The number of amides is 1. The monoisotopic (exact) mass is 601 g/mol. The van der Waals surface area contributed by atoms with Gasteiger partial charge in [0.25, 0.3) is 5.91 Å². The van der Waals surface area contributed by atoms with Crippen LogP contribution in [0, 0.1) is 11.7 Å². The summed E-state index contributed by atoms with van der Waals surface area (Å²) in [5, 5.41) is 2.60. The lowest BCUT2D eigenvalue weighted by Gasteiger charge is -2.31. The number of piperidine rings is 1. The van der Waals surface area contributed by atoms with Crippen LogP contribution in [0.1, 0.15) is 52.0 Å². The van der Waals surface area contributed by atoms with Crippen LogP contribution in [-0.4, -0.2) is 46.4 Å². The van der Waals surface area contributed by atoms with E-state index in [1.807, 2.05) is 54.6 Å². The molecular weight excluding hydrogens is 565 g/mol. The number of carbonyl (C=O) groups excluding carboxylic acids is 2. The van der Waals surface area contributed by atoms with Crippen molar-refractivity contribution < 1.29 is 23.5 Å². The normalized spacial score (nSPS) is 15.0. The molecule has 0 N–H and O–H groups in total. The zero-order valence-electron chi connectivity index (χ0n) is 24.3. The average Bonchev–Trinajstić information content (AvgIpc) is 3.50. The molecule has 3 aromatic carbocycles. The van der Waals surface area contributed by atoms with Crippen molar-refractivity contribution in [2.75, 3.05) is 19.7 Å². The Balaban J connectivity index is 1.24. The summed E-state index contributed by atoms with van der Waals surface area (Å²) in [6.45, 7) is 5.32. The standard InChI is InChI=1S/C34H36FN3O4S/c1-2-41-34(40)28-9-6-18-38(21-28)33(39)31-24-43-32(36-31)22-37(19-25-10-14-29(35)15-11-25)20-26-12-16-30(17-13-26)42-23-27-7-4-3-5-8-27/h3-5,7-8,10-17,24,28H,2,6,9,18-23H2,1H3/t28-/m0/s1. The number of esters is 1. The van der Waals surface area contributed by atoms with Gasteiger partial charge in [0.2, 0.25) is 0 Å². The molecule has 1 aliphatic rings. The van der Waals surface area contributed by atoms with E-state index in [1.165, 1.54) is 23.5 Å². The van der Waals surface area contributed by atoms with Crippen LogP contribution >= 0.6 is 11.3 Å². The van der Waals surface area contributed by atoms with E-state index in [4.69, 9.17) is 9.47 Å². The molecule has 9 heteroatoms. The first-order valence-electron chi connectivity index (χ1n) is 14.6. The minimum Gasteiger partial charge on any atom is -0.489 e. The van der Waals surface area contributed by atoms with Gasteiger partial charge < -0.3 is 14.4 Å². The number of hydrogen-bond donors (Lipinski definition) is 0. The van der Waals surface area contributed by atoms with Crippen LogP contribution in [0.15, 0.2) is 84.2 Å². The number of halogens is 1. The maximum absolute atomic E-state index is 13.6. The van der Waals surface area contributed by atoms with Gasteiger partial charge in [-0.3, -0.25) is 14.5 Å². The Hall–Kier alpha value is -4.08. The summed E-state index contributed by atoms with van der Waals surface area (Å²) in [6, 6.07) is 24.6. The third-order valence-electron chi connectivity index (χ3n) is 7.36. The molecule has 43 heavy (non-hydrogen) atoms. The average molecular weight is 602 g/mol. The van der Waals surface area contributed by atoms with Gasteiger partial charge in [-0.05, 0) is 60.7 Å². The van der Waals surface area contributed by atoms with Crippen molar-refractivity contribution in [2.24, 2.45) is 5.92 Å². The van der Waals surface area contributed by atoms with Crippen molar-refractivity contribution in [1.82, 2.24) is 14.8 Å². The number of hydrogen-bond acceptors (Lipinski definition) is 7. The molecule has 5 rings (SSSR count). The van der Waals surface area contributed by atoms with E-state index in [0.717, 1.165) is 40.3 Å². The largest absolute Gasteiger partial charge is 0.489 e. The molecule has 1 aliphatic heterocycles. The van der Waals surface area contributed by atoms with Crippen LogP contribution in [0.3, 0.4) is 0 Å².